The highest BCUT2D eigenvalue weighted by Crippen LogP contribution is 1.89. The molecule has 0 fully saturated rings. The first-order valence-electron chi connectivity index (χ1n) is 3.85. The van der Waals surface area contributed by atoms with E-state index in [1.54, 1.807) is 18.6 Å². The van der Waals surface area contributed by atoms with E-state index in [1.807, 2.05) is 24.5 Å². The lowest BCUT2D eigenvalue weighted by atomic mass is 10.3. The fourth-order valence-electron chi connectivity index (χ4n) is 0.919. The van der Waals surface area contributed by atoms with Crippen LogP contribution in [0.5, 0.6) is 0 Å². The molecule has 12 heavy (non-hydrogen) atoms. The molecule has 0 saturated carbocycles. The quantitative estimate of drug-likeness (QED) is 0.674. The van der Waals surface area contributed by atoms with Crippen LogP contribution in [0.25, 0.3) is 0 Å². The highest BCUT2D eigenvalue weighted by atomic mass is 16.2. The lowest BCUT2D eigenvalue weighted by molar-refractivity contribution is -0.121. The molecule has 0 aromatic carbocycles. The molecule has 1 unspecified atom stereocenters. The molecule has 0 bridgehead atoms. The standard InChI is InChI=1S/C8H13N3O/c1-7(8(12)9-2)10-11-5-3-4-6-11/h3-7,10H,1-2H3,(H,9,12). The van der Waals surface area contributed by atoms with Gasteiger partial charge in [-0.25, -0.2) is 0 Å². The number of rotatable bonds is 3. The smallest absolute Gasteiger partial charge is 0.243 e. The van der Waals surface area contributed by atoms with Gasteiger partial charge in [0.25, 0.3) is 0 Å². The van der Waals surface area contributed by atoms with Gasteiger partial charge in [-0.05, 0) is 19.1 Å². The second-order valence-electron chi connectivity index (χ2n) is 2.56. The summed E-state index contributed by atoms with van der Waals surface area (Å²) >= 11 is 0. The van der Waals surface area contributed by atoms with Gasteiger partial charge in [0, 0.05) is 19.4 Å². The summed E-state index contributed by atoms with van der Waals surface area (Å²) in [6.45, 7) is 1.80. The fourth-order valence-corrected chi connectivity index (χ4v) is 0.919. The minimum absolute atomic E-state index is 0.0244. The van der Waals surface area contributed by atoms with Crippen LogP contribution in [0, 0.1) is 0 Å². The Labute approximate surface area is 71.5 Å². The van der Waals surface area contributed by atoms with Crippen LogP contribution in [0.3, 0.4) is 0 Å². The third-order valence-electron chi connectivity index (χ3n) is 1.59. The zero-order valence-corrected chi connectivity index (χ0v) is 7.24. The topological polar surface area (TPSA) is 46.1 Å². The molecule has 0 aliphatic rings. The molecule has 2 N–H and O–H groups in total. The zero-order valence-electron chi connectivity index (χ0n) is 7.24. The molecule has 0 aliphatic heterocycles. The number of amides is 1. The summed E-state index contributed by atoms with van der Waals surface area (Å²) in [6.07, 6.45) is 3.69. The van der Waals surface area contributed by atoms with Gasteiger partial charge >= 0.3 is 0 Å². The van der Waals surface area contributed by atoms with E-state index in [2.05, 4.69) is 10.7 Å². The third-order valence-corrected chi connectivity index (χ3v) is 1.59. The highest BCUT2D eigenvalue weighted by Gasteiger charge is 2.08. The van der Waals surface area contributed by atoms with E-state index < -0.39 is 0 Å². The molecule has 0 radical (unpaired) electrons. The number of likely N-dealkylation sites (N-methyl/N-ethyl adjacent to an activating group) is 1. The summed E-state index contributed by atoms with van der Waals surface area (Å²) in [5, 5.41) is 2.56. The molecular formula is C8H13N3O. The van der Waals surface area contributed by atoms with E-state index >= 15 is 0 Å². The van der Waals surface area contributed by atoms with Gasteiger partial charge in [-0.1, -0.05) is 0 Å². The molecular weight excluding hydrogens is 154 g/mol. The molecule has 0 spiro atoms. The van der Waals surface area contributed by atoms with Crippen LogP contribution in [0.2, 0.25) is 0 Å². The predicted octanol–water partition coefficient (Wildman–Crippen LogP) is 0.166. The number of nitrogens with zero attached hydrogens (tertiary/aromatic N) is 1. The molecule has 1 rings (SSSR count). The Kier molecular flexibility index (Phi) is 2.74. The summed E-state index contributed by atoms with van der Waals surface area (Å²) < 4.78 is 1.75. The largest absolute Gasteiger partial charge is 0.357 e. The second kappa shape index (κ2) is 3.80. The predicted molar refractivity (Wildman–Crippen MR) is 47.3 cm³/mol. The first kappa shape index (κ1) is 8.64. The van der Waals surface area contributed by atoms with Gasteiger partial charge in [0.2, 0.25) is 5.91 Å². The number of aromatic nitrogens is 1. The average Bonchev–Trinajstić information content (AvgIpc) is 2.55. The molecule has 1 amide bonds. The molecule has 4 heteroatoms. The van der Waals surface area contributed by atoms with Crippen LogP contribution in [-0.2, 0) is 4.79 Å². The summed E-state index contributed by atoms with van der Waals surface area (Å²) in [6, 6.07) is 3.56. The Morgan fingerprint density at radius 1 is 1.42 bits per heavy atom. The Bertz CT molecular complexity index is 243. The Morgan fingerprint density at radius 3 is 2.50 bits per heavy atom. The van der Waals surface area contributed by atoms with E-state index in [4.69, 9.17) is 0 Å². The SMILES string of the molecule is CNC(=O)C(C)Nn1cccc1. The van der Waals surface area contributed by atoms with Gasteiger partial charge in [0.05, 0.1) is 0 Å². The van der Waals surface area contributed by atoms with E-state index in [0.29, 0.717) is 0 Å². The lowest BCUT2D eigenvalue weighted by Crippen LogP contribution is -2.38. The van der Waals surface area contributed by atoms with Gasteiger partial charge in [0.15, 0.2) is 0 Å². The first-order valence-corrected chi connectivity index (χ1v) is 3.85. The van der Waals surface area contributed by atoms with Crippen molar-refractivity contribution in [2.75, 3.05) is 12.5 Å². The van der Waals surface area contributed by atoms with Crippen molar-refractivity contribution in [2.45, 2.75) is 13.0 Å². The summed E-state index contributed by atoms with van der Waals surface area (Å²) in [7, 11) is 1.62. The van der Waals surface area contributed by atoms with Gasteiger partial charge in [-0.15, -0.1) is 0 Å². The summed E-state index contributed by atoms with van der Waals surface area (Å²) in [5.74, 6) is -0.0244. The maximum absolute atomic E-state index is 11.1. The van der Waals surface area contributed by atoms with E-state index in [1.165, 1.54) is 0 Å². The van der Waals surface area contributed by atoms with Crippen LogP contribution in [-0.4, -0.2) is 23.7 Å². The first-order chi connectivity index (χ1) is 5.74. The van der Waals surface area contributed by atoms with Crippen molar-refractivity contribution in [2.24, 2.45) is 0 Å². The van der Waals surface area contributed by atoms with Gasteiger partial charge in [-0.2, -0.15) is 0 Å². The van der Waals surface area contributed by atoms with Crippen LogP contribution in [0.1, 0.15) is 6.92 Å². The van der Waals surface area contributed by atoms with Crippen molar-refractivity contribution in [3.8, 4) is 0 Å². The number of hydrogen-bond acceptors (Lipinski definition) is 2. The van der Waals surface area contributed by atoms with Crippen LogP contribution in [0.4, 0.5) is 0 Å². The summed E-state index contributed by atoms with van der Waals surface area (Å²) in [4.78, 5) is 11.1. The molecule has 0 saturated heterocycles. The van der Waals surface area contributed by atoms with Crippen LogP contribution >= 0.6 is 0 Å². The van der Waals surface area contributed by atoms with Crippen LogP contribution in [0.15, 0.2) is 24.5 Å². The van der Waals surface area contributed by atoms with Crippen LogP contribution < -0.4 is 10.7 Å². The second-order valence-corrected chi connectivity index (χ2v) is 2.56. The molecule has 1 atom stereocenters. The molecule has 0 aliphatic carbocycles. The lowest BCUT2D eigenvalue weighted by Gasteiger charge is -2.13. The number of carbonyl (C=O) groups is 1. The van der Waals surface area contributed by atoms with Gasteiger partial charge in [0.1, 0.15) is 6.04 Å². The summed E-state index contributed by atoms with van der Waals surface area (Å²) in [5.41, 5.74) is 2.98. The Balaban J connectivity index is 2.47. The fraction of sp³-hybridized carbons (Fsp3) is 0.375. The van der Waals surface area contributed by atoms with Gasteiger partial charge in [-0.3, -0.25) is 9.47 Å². The molecule has 66 valence electrons. The van der Waals surface area contributed by atoms with E-state index in [-0.39, 0.29) is 11.9 Å². The number of carbonyl (C=O) groups excluding carboxylic acids is 1. The molecule has 1 aromatic rings. The van der Waals surface area contributed by atoms with Crippen molar-refractivity contribution in [3.63, 3.8) is 0 Å². The van der Waals surface area contributed by atoms with Crippen molar-refractivity contribution >= 4 is 5.91 Å². The van der Waals surface area contributed by atoms with E-state index in [9.17, 15) is 4.79 Å². The Hall–Kier alpha value is -1.45. The van der Waals surface area contributed by atoms with Crippen molar-refractivity contribution in [1.29, 1.82) is 0 Å². The van der Waals surface area contributed by atoms with Crippen molar-refractivity contribution in [1.82, 2.24) is 9.99 Å². The Morgan fingerprint density at radius 2 is 2.00 bits per heavy atom. The molecule has 1 aromatic heterocycles. The minimum Gasteiger partial charge on any atom is -0.357 e. The molecule has 1 heterocycles. The third kappa shape index (κ3) is 2.02. The number of hydrogen-bond donors (Lipinski definition) is 2. The van der Waals surface area contributed by atoms with Crippen molar-refractivity contribution < 1.29 is 4.79 Å². The minimum atomic E-state index is -0.220. The number of nitrogens with one attached hydrogen (secondary N) is 2. The van der Waals surface area contributed by atoms with Crippen molar-refractivity contribution in [3.05, 3.63) is 24.5 Å². The average molecular weight is 167 g/mol. The highest BCUT2D eigenvalue weighted by molar-refractivity contribution is 5.82. The normalized spacial score (nSPS) is 12.2. The molecule has 4 nitrogen and oxygen atoms in total. The maximum atomic E-state index is 11.1. The zero-order chi connectivity index (χ0) is 8.97. The maximum Gasteiger partial charge on any atom is 0.243 e. The van der Waals surface area contributed by atoms with Gasteiger partial charge < -0.3 is 10.7 Å². The van der Waals surface area contributed by atoms with E-state index in [0.717, 1.165) is 0 Å². The monoisotopic (exact) mass is 167 g/mol.